The molecule has 1 aliphatic heterocycles. The van der Waals surface area contributed by atoms with Gasteiger partial charge in [-0.3, -0.25) is 4.98 Å². The molecular weight excluding hydrogens is 375 g/mol. The van der Waals surface area contributed by atoms with Crippen LogP contribution in [0.4, 0.5) is 10.1 Å². The van der Waals surface area contributed by atoms with Gasteiger partial charge in [-0.1, -0.05) is 0 Å². The van der Waals surface area contributed by atoms with Gasteiger partial charge in [0.1, 0.15) is 11.4 Å². The van der Waals surface area contributed by atoms with E-state index >= 15 is 0 Å². The number of anilines is 1. The van der Waals surface area contributed by atoms with Gasteiger partial charge in [0, 0.05) is 24.8 Å². The number of fused-ring (bicyclic) bond motifs is 1. The number of aryl methyl sites for hydroxylation is 1. The summed E-state index contributed by atoms with van der Waals surface area (Å²) in [5, 5.41) is 13.4. The van der Waals surface area contributed by atoms with Crippen LogP contribution in [0.1, 0.15) is 54.0 Å². The topological polar surface area (TPSA) is 110 Å². The summed E-state index contributed by atoms with van der Waals surface area (Å²) < 4.78 is 15.5. The minimum atomic E-state index is -1.07. The van der Waals surface area contributed by atoms with Crippen LogP contribution < -0.4 is 10.6 Å². The van der Waals surface area contributed by atoms with Crippen molar-refractivity contribution in [1.29, 1.82) is 0 Å². The van der Waals surface area contributed by atoms with Crippen LogP contribution in [0, 0.1) is 5.82 Å². The summed E-state index contributed by atoms with van der Waals surface area (Å²) >= 11 is 0. The van der Waals surface area contributed by atoms with E-state index in [2.05, 4.69) is 20.0 Å². The normalized spacial score (nSPS) is 17.8. The molecule has 1 saturated heterocycles. The number of carboxylic acids is 1. The molecule has 4 rings (SSSR count). The second-order valence-electron chi connectivity index (χ2n) is 7.47. The fourth-order valence-corrected chi connectivity index (χ4v) is 3.84. The van der Waals surface area contributed by atoms with E-state index in [4.69, 9.17) is 5.73 Å². The number of rotatable bonds is 6. The lowest BCUT2D eigenvalue weighted by atomic mass is 10.1. The van der Waals surface area contributed by atoms with E-state index in [-0.39, 0.29) is 23.5 Å². The van der Waals surface area contributed by atoms with Crippen LogP contribution in [0.5, 0.6) is 0 Å². The second-order valence-corrected chi connectivity index (χ2v) is 7.47. The lowest BCUT2D eigenvalue weighted by molar-refractivity contribution is 0.0698. The Labute approximate surface area is 167 Å². The highest BCUT2D eigenvalue weighted by Crippen LogP contribution is 2.37. The smallest absolute Gasteiger partial charge is 0.341 e. The Balaban J connectivity index is 1.71. The van der Waals surface area contributed by atoms with E-state index in [1.165, 1.54) is 23.0 Å². The highest BCUT2D eigenvalue weighted by molar-refractivity contribution is 5.94. The van der Waals surface area contributed by atoms with Crippen molar-refractivity contribution < 1.29 is 14.3 Å². The molecule has 3 aromatic rings. The van der Waals surface area contributed by atoms with Crippen molar-refractivity contribution >= 4 is 17.3 Å². The summed E-state index contributed by atoms with van der Waals surface area (Å²) in [6.07, 6.45) is 7.42. The summed E-state index contributed by atoms with van der Waals surface area (Å²) in [5.74, 6) is -1.46. The first-order valence-electron chi connectivity index (χ1n) is 9.68. The molecule has 0 amide bonds. The van der Waals surface area contributed by atoms with E-state index in [0.29, 0.717) is 12.1 Å². The number of nitrogens with two attached hydrogens (primary N) is 1. The molecule has 1 fully saturated rings. The van der Waals surface area contributed by atoms with Gasteiger partial charge < -0.3 is 15.7 Å². The molecule has 0 aliphatic carbocycles. The minimum absolute atomic E-state index is 0.0319. The Morgan fingerprint density at radius 1 is 1.45 bits per heavy atom. The average Bonchev–Trinajstić information content (AvgIpc) is 3.33. The van der Waals surface area contributed by atoms with Crippen molar-refractivity contribution in [3.8, 4) is 0 Å². The van der Waals surface area contributed by atoms with Gasteiger partial charge in [-0.15, -0.1) is 0 Å². The summed E-state index contributed by atoms with van der Waals surface area (Å²) in [7, 11) is 0. The molecule has 8 nitrogen and oxygen atoms in total. The second kappa shape index (κ2) is 7.75. The number of aromatic nitrogens is 4. The number of hydrogen-bond acceptors (Lipinski definition) is 6. The van der Waals surface area contributed by atoms with Crippen LogP contribution in [0.15, 0.2) is 30.7 Å². The molecule has 1 unspecified atom stereocenters. The maximum atomic E-state index is 14.0. The molecule has 29 heavy (non-hydrogen) atoms. The van der Waals surface area contributed by atoms with Crippen LogP contribution in [0.3, 0.4) is 0 Å². The number of pyridine rings is 1. The molecule has 0 bridgehead atoms. The quantitative estimate of drug-likeness (QED) is 0.657. The van der Waals surface area contributed by atoms with Crippen LogP contribution in [-0.2, 0) is 6.42 Å². The van der Waals surface area contributed by atoms with Crippen molar-refractivity contribution in [2.24, 2.45) is 5.73 Å². The van der Waals surface area contributed by atoms with Crippen molar-refractivity contribution in [3.05, 3.63) is 53.5 Å². The summed E-state index contributed by atoms with van der Waals surface area (Å²) in [6, 6.07) is 3.30. The van der Waals surface area contributed by atoms with E-state index in [1.54, 1.807) is 6.20 Å². The lowest BCUT2D eigenvalue weighted by Crippen LogP contribution is -2.26. The Morgan fingerprint density at radius 2 is 2.28 bits per heavy atom. The molecule has 9 heteroatoms. The van der Waals surface area contributed by atoms with E-state index < -0.39 is 5.97 Å². The Kier molecular flexibility index (Phi) is 5.14. The van der Waals surface area contributed by atoms with Gasteiger partial charge >= 0.3 is 5.97 Å². The highest BCUT2D eigenvalue weighted by atomic mass is 19.1. The highest BCUT2D eigenvalue weighted by Gasteiger charge is 2.30. The van der Waals surface area contributed by atoms with E-state index in [1.807, 2.05) is 13.0 Å². The molecule has 0 aromatic carbocycles. The zero-order chi connectivity index (χ0) is 20.5. The van der Waals surface area contributed by atoms with E-state index in [9.17, 15) is 14.3 Å². The molecule has 0 spiro atoms. The van der Waals surface area contributed by atoms with Gasteiger partial charge in [-0.2, -0.15) is 5.10 Å². The number of carboxylic acid groups (broad SMARTS) is 1. The third-order valence-electron chi connectivity index (χ3n) is 5.28. The molecule has 3 aromatic heterocycles. The molecule has 152 valence electrons. The van der Waals surface area contributed by atoms with Crippen molar-refractivity contribution in [1.82, 2.24) is 19.6 Å². The van der Waals surface area contributed by atoms with Crippen LogP contribution in [0.25, 0.3) is 5.65 Å². The molecular formula is C20H23FN6O2. The van der Waals surface area contributed by atoms with Crippen LogP contribution >= 0.6 is 0 Å². The fraction of sp³-hybridized carbons (Fsp3) is 0.400. The number of carbonyl (C=O) groups is 1. The van der Waals surface area contributed by atoms with E-state index in [0.717, 1.165) is 42.9 Å². The summed E-state index contributed by atoms with van der Waals surface area (Å²) in [6.45, 7) is 2.69. The molecule has 2 atom stereocenters. The largest absolute Gasteiger partial charge is 0.477 e. The predicted octanol–water partition coefficient (Wildman–Crippen LogP) is 2.58. The Bertz CT molecular complexity index is 1050. The summed E-state index contributed by atoms with van der Waals surface area (Å²) in [5.41, 5.74) is 8.55. The molecule has 0 radical (unpaired) electrons. The summed E-state index contributed by atoms with van der Waals surface area (Å²) in [4.78, 5) is 22.5. The molecule has 0 saturated carbocycles. The van der Waals surface area contributed by atoms with Crippen molar-refractivity contribution in [3.63, 3.8) is 0 Å². The third-order valence-corrected chi connectivity index (χ3v) is 5.28. The Hall–Kier alpha value is -3.07. The first-order chi connectivity index (χ1) is 13.9. The van der Waals surface area contributed by atoms with Crippen LogP contribution in [-0.4, -0.2) is 43.2 Å². The monoisotopic (exact) mass is 398 g/mol. The average molecular weight is 398 g/mol. The minimum Gasteiger partial charge on any atom is -0.477 e. The number of nitrogens with zero attached hydrogens (tertiary/aromatic N) is 5. The Morgan fingerprint density at radius 3 is 3.03 bits per heavy atom. The van der Waals surface area contributed by atoms with Crippen LogP contribution in [0.2, 0.25) is 0 Å². The zero-order valence-electron chi connectivity index (χ0n) is 16.1. The number of halogens is 1. The first kappa shape index (κ1) is 19.3. The maximum Gasteiger partial charge on any atom is 0.341 e. The van der Waals surface area contributed by atoms with Gasteiger partial charge in [0.25, 0.3) is 0 Å². The first-order valence-corrected chi connectivity index (χ1v) is 9.68. The maximum absolute atomic E-state index is 14.0. The molecule has 3 N–H and O–H groups in total. The van der Waals surface area contributed by atoms with Gasteiger partial charge in [0.05, 0.1) is 35.5 Å². The fourth-order valence-electron chi connectivity index (χ4n) is 3.84. The lowest BCUT2D eigenvalue weighted by Gasteiger charge is -2.28. The number of hydrogen-bond donors (Lipinski definition) is 2. The third kappa shape index (κ3) is 3.77. The van der Waals surface area contributed by atoms with Gasteiger partial charge in [-0.25, -0.2) is 18.7 Å². The van der Waals surface area contributed by atoms with Crippen molar-refractivity contribution in [2.45, 2.75) is 44.7 Å². The van der Waals surface area contributed by atoms with Gasteiger partial charge in [0.2, 0.25) is 0 Å². The predicted molar refractivity (Wildman–Crippen MR) is 105 cm³/mol. The van der Waals surface area contributed by atoms with Gasteiger partial charge in [-0.05, 0) is 38.7 Å². The molecule has 1 aliphatic rings. The molecule has 4 heterocycles. The number of aromatic carboxylic acids is 1. The SMILES string of the molecule is C[C@@H](N)CCc1ncc(F)cc1N1CCCC1c1ccn2ncc(C(=O)O)c2n1. The standard InChI is InChI=1S/C20H23FN6O2/c1-12(22)4-5-15-18(9-13(21)10-23-15)26-7-2-3-17(26)16-6-8-27-19(25-16)14(11-24-27)20(28)29/h6,8-12,17H,2-5,7,22H2,1H3,(H,28,29)/t12-,17?/m1/s1. The van der Waals surface area contributed by atoms with Gasteiger partial charge in [0.15, 0.2) is 5.65 Å². The van der Waals surface area contributed by atoms with Crippen molar-refractivity contribution in [2.75, 3.05) is 11.4 Å². The zero-order valence-corrected chi connectivity index (χ0v) is 16.1.